The molecule has 6 heteroatoms. The lowest BCUT2D eigenvalue weighted by Crippen LogP contribution is -2.30. The summed E-state index contributed by atoms with van der Waals surface area (Å²) in [6.45, 7) is 1.98. The van der Waals surface area contributed by atoms with Gasteiger partial charge in [0.05, 0.1) is 24.3 Å². The molecule has 26 heavy (non-hydrogen) atoms. The van der Waals surface area contributed by atoms with Crippen molar-refractivity contribution >= 4 is 17.5 Å². The minimum atomic E-state index is -0.0819. The molecule has 2 aliphatic heterocycles. The highest BCUT2D eigenvalue weighted by Crippen LogP contribution is 2.38. The number of carbonyl (C=O) groups excluding carboxylic acids is 1. The molecule has 2 aromatic carbocycles. The van der Waals surface area contributed by atoms with Gasteiger partial charge in [0, 0.05) is 18.5 Å². The molecule has 2 heterocycles. The van der Waals surface area contributed by atoms with Crippen LogP contribution in [0.3, 0.4) is 0 Å². The normalized spacial score (nSPS) is 19.3. The van der Waals surface area contributed by atoms with E-state index in [4.69, 9.17) is 21.1 Å². The molecule has 1 atom stereocenters. The molecule has 0 bridgehead atoms. The van der Waals surface area contributed by atoms with Gasteiger partial charge in [0.15, 0.2) is 11.5 Å². The number of carbonyl (C=O) groups is 1. The number of rotatable bonds is 2. The summed E-state index contributed by atoms with van der Waals surface area (Å²) in [5, 5.41) is 9.76. The minimum Gasteiger partial charge on any atom is -0.506 e. The molecule has 2 aliphatic rings. The van der Waals surface area contributed by atoms with Gasteiger partial charge in [0.1, 0.15) is 5.75 Å². The van der Waals surface area contributed by atoms with Gasteiger partial charge in [-0.1, -0.05) is 17.7 Å². The molecule has 0 aliphatic carbocycles. The highest BCUT2D eigenvalue weighted by atomic mass is 35.5. The Balaban J connectivity index is 1.61. The Morgan fingerprint density at radius 2 is 1.88 bits per heavy atom. The van der Waals surface area contributed by atoms with Crippen LogP contribution in [-0.2, 0) is 0 Å². The average molecular weight is 374 g/mol. The Morgan fingerprint density at radius 1 is 1.08 bits per heavy atom. The van der Waals surface area contributed by atoms with Crippen LogP contribution in [0.4, 0.5) is 0 Å². The molecule has 0 aromatic heterocycles. The van der Waals surface area contributed by atoms with Crippen LogP contribution in [0.25, 0.3) is 0 Å². The third-order valence-corrected chi connectivity index (χ3v) is 5.17. The Hall–Kier alpha value is -2.40. The quantitative estimate of drug-likeness (QED) is 0.857. The second-order valence-corrected chi connectivity index (χ2v) is 6.99. The van der Waals surface area contributed by atoms with Crippen molar-refractivity contribution in [3.05, 3.63) is 52.5 Å². The molecule has 2 aromatic rings. The largest absolute Gasteiger partial charge is 0.506 e. The number of phenolic OH excluding ortho intramolecular Hbond substituents is 1. The molecule has 1 N–H and O–H groups in total. The maximum atomic E-state index is 13.0. The number of fused-ring (bicyclic) bond motifs is 1. The molecule has 0 unspecified atom stereocenters. The van der Waals surface area contributed by atoms with Gasteiger partial charge in [-0.05, 0) is 48.7 Å². The van der Waals surface area contributed by atoms with Crippen molar-refractivity contribution in [1.29, 1.82) is 0 Å². The van der Waals surface area contributed by atoms with E-state index in [0.29, 0.717) is 25.3 Å². The molecule has 136 valence electrons. The molecule has 0 spiro atoms. The summed E-state index contributed by atoms with van der Waals surface area (Å²) in [5.74, 6) is 1.39. The maximum absolute atomic E-state index is 13.0. The van der Waals surface area contributed by atoms with Gasteiger partial charge >= 0.3 is 0 Å². The molecule has 4 rings (SSSR count). The lowest BCUT2D eigenvalue weighted by atomic mass is 10.0. The molecule has 1 fully saturated rings. The van der Waals surface area contributed by atoms with E-state index in [1.807, 2.05) is 23.1 Å². The molecule has 5 nitrogen and oxygen atoms in total. The minimum absolute atomic E-state index is 0.00719. The third-order valence-electron chi connectivity index (χ3n) is 4.86. The van der Waals surface area contributed by atoms with Crippen LogP contribution in [-0.4, -0.2) is 35.7 Å². The van der Waals surface area contributed by atoms with E-state index in [2.05, 4.69) is 0 Å². The van der Waals surface area contributed by atoms with Crippen molar-refractivity contribution in [2.24, 2.45) is 0 Å². The van der Waals surface area contributed by atoms with Crippen LogP contribution in [0.2, 0.25) is 5.02 Å². The summed E-state index contributed by atoms with van der Waals surface area (Å²) in [6.07, 6.45) is 2.70. The van der Waals surface area contributed by atoms with Crippen molar-refractivity contribution in [1.82, 2.24) is 4.90 Å². The van der Waals surface area contributed by atoms with E-state index in [1.165, 1.54) is 12.1 Å². The summed E-state index contributed by atoms with van der Waals surface area (Å²) < 4.78 is 11.5. The number of phenols is 1. The number of ether oxygens (including phenoxy) is 2. The predicted molar refractivity (Wildman–Crippen MR) is 98.2 cm³/mol. The lowest BCUT2D eigenvalue weighted by Gasteiger charge is -2.26. The van der Waals surface area contributed by atoms with E-state index in [1.54, 1.807) is 6.07 Å². The van der Waals surface area contributed by atoms with Crippen molar-refractivity contribution in [3.63, 3.8) is 0 Å². The molecular weight excluding hydrogens is 354 g/mol. The number of hydrogen-bond acceptors (Lipinski definition) is 4. The maximum Gasteiger partial charge on any atom is 0.254 e. The van der Waals surface area contributed by atoms with E-state index in [0.717, 1.165) is 36.3 Å². The van der Waals surface area contributed by atoms with Gasteiger partial charge < -0.3 is 19.5 Å². The zero-order valence-corrected chi connectivity index (χ0v) is 15.0. The van der Waals surface area contributed by atoms with Gasteiger partial charge in [-0.25, -0.2) is 0 Å². The summed E-state index contributed by atoms with van der Waals surface area (Å²) in [5.41, 5.74) is 1.53. The highest BCUT2D eigenvalue weighted by molar-refractivity contribution is 6.32. The fraction of sp³-hybridized carbons (Fsp3) is 0.350. The number of halogens is 1. The molecular formula is C20H20ClNO4. The summed E-state index contributed by atoms with van der Waals surface area (Å²) >= 11 is 5.96. The second kappa shape index (κ2) is 7.08. The Bertz CT molecular complexity index is 839. The first-order valence-corrected chi connectivity index (χ1v) is 9.20. The van der Waals surface area contributed by atoms with Crippen LogP contribution in [0.5, 0.6) is 17.2 Å². The first kappa shape index (κ1) is 17.0. The van der Waals surface area contributed by atoms with Crippen molar-refractivity contribution in [3.8, 4) is 17.2 Å². The summed E-state index contributed by atoms with van der Waals surface area (Å²) in [4.78, 5) is 14.8. The van der Waals surface area contributed by atoms with E-state index in [9.17, 15) is 9.90 Å². The standard InChI is InChI=1S/C20H20ClNO4/c21-15-11-14(4-6-17(15)23)20(24)22-8-1-3-16(22)13-5-7-18-19(12-13)26-10-2-9-25-18/h4-7,11-12,16,23H,1-3,8-10H2/t16-/m0/s1. The van der Waals surface area contributed by atoms with Gasteiger partial charge in [-0.3, -0.25) is 4.79 Å². The smallest absolute Gasteiger partial charge is 0.254 e. The first-order chi connectivity index (χ1) is 12.6. The molecule has 0 saturated carbocycles. The Kier molecular flexibility index (Phi) is 4.64. The first-order valence-electron chi connectivity index (χ1n) is 8.82. The fourth-order valence-corrected chi connectivity index (χ4v) is 3.73. The summed E-state index contributed by atoms with van der Waals surface area (Å²) in [7, 11) is 0. The number of hydrogen-bond donors (Lipinski definition) is 1. The monoisotopic (exact) mass is 373 g/mol. The lowest BCUT2D eigenvalue weighted by molar-refractivity contribution is 0.0735. The number of amides is 1. The van der Waals surface area contributed by atoms with Gasteiger partial charge in [-0.15, -0.1) is 0 Å². The topological polar surface area (TPSA) is 59.0 Å². The van der Waals surface area contributed by atoms with Crippen LogP contribution in [0.1, 0.15) is 41.2 Å². The van der Waals surface area contributed by atoms with Crippen LogP contribution in [0, 0.1) is 0 Å². The van der Waals surface area contributed by atoms with Crippen LogP contribution < -0.4 is 9.47 Å². The van der Waals surface area contributed by atoms with Gasteiger partial charge in [0.2, 0.25) is 0 Å². The average Bonchev–Trinajstić information content (AvgIpc) is 3.02. The van der Waals surface area contributed by atoms with E-state index in [-0.39, 0.29) is 22.7 Å². The number of nitrogens with zero attached hydrogens (tertiary/aromatic N) is 1. The van der Waals surface area contributed by atoms with Crippen molar-refractivity contribution < 1.29 is 19.4 Å². The summed E-state index contributed by atoms with van der Waals surface area (Å²) in [6, 6.07) is 10.5. The van der Waals surface area contributed by atoms with E-state index < -0.39 is 0 Å². The zero-order valence-electron chi connectivity index (χ0n) is 14.3. The second-order valence-electron chi connectivity index (χ2n) is 6.58. The Morgan fingerprint density at radius 3 is 2.69 bits per heavy atom. The van der Waals surface area contributed by atoms with Crippen LogP contribution in [0.15, 0.2) is 36.4 Å². The predicted octanol–water partition coefficient (Wildman–Crippen LogP) is 4.18. The highest BCUT2D eigenvalue weighted by Gasteiger charge is 2.31. The van der Waals surface area contributed by atoms with Gasteiger partial charge in [0.25, 0.3) is 5.91 Å². The van der Waals surface area contributed by atoms with Gasteiger partial charge in [-0.2, -0.15) is 0 Å². The third kappa shape index (κ3) is 3.19. The molecule has 0 radical (unpaired) electrons. The number of likely N-dealkylation sites (tertiary alicyclic amines) is 1. The zero-order chi connectivity index (χ0) is 18.1. The molecule has 1 amide bonds. The van der Waals surface area contributed by atoms with E-state index >= 15 is 0 Å². The fourth-order valence-electron chi connectivity index (χ4n) is 3.55. The van der Waals surface area contributed by atoms with Crippen molar-refractivity contribution in [2.75, 3.05) is 19.8 Å². The van der Waals surface area contributed by atoms with Crippen LogP contribution >= 0.6 is 11.6 Å². The van der Waals surface area contributed by atoms with Crippen molar-refractivity contribution in [2.45, 2.75) is 25.3 Å². The SMILES string of the molecule is O=C(c1ccc(O)c(Cl)c1)N1CCC[C@H]1c1ccc2c(c1)OCCCO2. The number of aromatic hydroxyl groups is 1. The molecule has 1 saturated heterocycles. The number of benzene rings is 2. The Labute approximate surface area is 157 Å².